The minimum absolute atomic E-state index is 0.0889. The minimum Gasteiger partial charge on any atom is -0.378 e. The summed E-state index contributed by atoms with van der Waals surface area (Å²) in [5.74, 6) is 5.66. The van der Waals surface area contributed by atoms with Crippen LogP contribution in [0, 0.1) is 17.3 Å². The Kier molecular flexibility index (Phi) is 2.62. The molecule has 0 bridgehead atoms. The summed E-state index contributed by atoms with van der Waals surface area (Å²) in [6.45, 7) is 5.32. The van der Waals surface area contributed by atoms with Gasteiger partial charge in [-0.3, -0.25) is 0 Å². The van der Waals surface area contributed by atoms with Gasteiger partial charge in [0.05, 0.1) is 0 Å². The number of rotatable bonds is 1. The van der Waals surface area contributed by atoms with Crippen LogP contribution in [0.25, 0.3) is 0 Å². The maximum atomic E-state index is 9.33. The van der Waals surface area contributed by atoms with Crippen LogP contribution in [-0.2, 0) is 0 Å². The molecule has 1 saturated carbocycles. The van der Waals surface area contributed by atoms with Gasteiger partial charge in [0.15, 0.2) is 0 Å². The molecule has 0 aromatic rings. The molecule has 1 atom stereocenters. The van der Waals surface area contributed by atoms with E-state index < -0.39 is 9.93 Å². The fourth-order valence-electron chi connectivity index (χ4n) is 1.09. The molecule has 1 nitrogen and oxygen atoms in total. The molecular weight excluding hydrogens is 207 g/mol. The van der Waals surface area contributed by atoms with Crippen molar-refractivity contribution in [2.45, 2.75) is 43.5 Å². The van der Waals surface area contributed by atoms with Crippen molar-refractivity contribution in [2.75, 3.05) is 0 Å². The predicted octanol–water partition coefficient (Wildman–Crippen LogP) is 2.73. The molecule has 0 heterocycles. The predicted molar refractivity (Wildman–Crippen MR) is 55.9 cm³/mol. The summed E-state index contributed by atoms with van der Waals surface area (Å²) in [6.07, 6.45) is 1.42. The molecule has 74 valence electrons. The van der Waals surface area contributed by atoms with Gasteiger partial charge in [-0.05, 0) is 20.3 Å². The average molecular weight is 221 g/mol. The molecule has 0 amide bonds. The Labute approximate surface area is 89.4 Å². The van der Waals surface area contributed by atoms with E-state index in [-0.39, 0.29) is 5.41 Å². The van der Waals surface area contributed by atoms with Crippen LogP contribution in [-0.4, -0.2) is 15.0 Å². The third kappa shape index (κ3) is 2.77. The molecular formula is C10H14Cl2O. The third-order valence-corrected chi connectivity index (χ3v) is 3.42. The molecule has 1 aliphatic carbocycles. The first kappa shape index (κ1) is 11.2. The van der Waals surface area contributed by atoms with E-state index in [1.54, 1.807) is 13.8 Å². The first-order chi connectivity index (χ1) is 5.66. The van der Waals surface area contributed by atoms with E-state index in [0.29, 0.717) is 6.42 Å². The van der Waals surface area contributed by atoms with Crippen LogP contribution in [0.3, 0.4) is 0 Å². The minimum atomic E-state index is -0.924. The molecule has 13 heavy (non-hydrogen) atoms. The summed E-state index contributed by atoms with van der Waals surface area (Å²) in [5.41, 5.74) is -1.01. The first-order valence-corrected chi connectivity index (χ1v) is 5.02. The monoisotopic (exact) mass is 220 g/mol. The molecule has 0 saturated heterocycles. The lowest BCUT2D eigenvalue weighted by Crippen LogP contribution is -2.15. The van der Waals surface area contributed by atoms with E-state index in [2.05, 4.69) is 11.8 Å². The van der Waals surface area contributed by atoms with Gasteiger partial charge in [-0.2, -0.15) is 0 Å². The van der Waals surface area contributed by atoms with E-state index >= 15 is 0 Å². The van der Waals surface area contributed by atoms with Crippen molar-refractivity contribution >= 4 is 23.2 Å². The summed E-state index contributed by atoms with van der Waals surface area (Å²) < 4.78 is -0.610. The lowest BCUT2D eigenvalue weighted by Gasteiger charge is -2.08. The molecule has 1 fully saturated rings. The van der Waals surface area contributed by atoms with Gasteiger partial charge in [-0.25, -0.2) is 0 Å². The van der Waals surface area contributed by atoms with Gasteiger partial charge in [0.2, 0.25) is 0 Å². The molecule has 0 radical (unpaired) electrons. The van der Waals surface area contributed by atoms with Crippen LogP contribution in [0.1, 0.15) is 33.6 Å². The Bertz CT molecular complexity index is 267. The zero-order valence-electron chi connectivity index (χ0n) is 8.12. The van der Waals surface area contributed by atoms with E-state index in [0.717, 1.165) is 6.42 Å². The molecule has 1 unspecified atom stereocenters. The topological polar surface area (TPSA) is 20.2 Å². The number of hydrogen-bond acceptors (Lipinski definition) is 1. The Balaban J connectivity index is 2.49. The summed E-state index contributed by atoms with van der Waals surface area (Å²) in [7, 11) is 0. The van der Waals surface area contributed by atoms with Gasteiger partial charge >= 0.3 is 0 Å². The van der Waals surface area contributed by atoms with Crippen molar-refractivity contribution in [2.24, 2.45) is 5.41 Å². The molecule has 0 aromatic heterocycles. The summed E-state index contributed by atoms with van der Waals surface area (Å²) >= 11 is 11.9. The zero-order chi connectivity index (χ0) is 10.3. The van der Waals surface area contributed by atoms with Crippen LogP contribution >= 0.6 is 23.2 Å². The smallest absolute Gasteiger partial charge is 0.125 e. The summed E-state index contributed by atoms with van der Waals surface area (Å²) in [5, 5.41) is 9.33. The highest BCUT2D eigenvalue weighted by atomic mass is 35.5. The van der Waals surface area contributed by atoms with Crippen molar-refractivity contribution in [3.05, 3.63) is 0 Å². The number of aliphatic hydroxyl groups is 1. The largest absolute Gasteiger partial charge is 0.378 e. The Hall–Kier alpha value is 0.100. The SMILES string of the molecule is CC(C)(O)C#CCC1(C)CC1(Cl)Cl. The molecule has 1 aliphatic rings. The van der Waals surface area contributed by atoms with E-state index in [9.17, 15) is 5.11 Å². The van der Waals surface area contributed by atoms with E-state index in [1.807, 2.05) is 6.92 Å². The molecule has 3 heteroatoms. The number of halogens is 2. The number of hydrogen-bond donors (Lipinski definition) is 1. The van der Waals surface area contributed by atoms with Gasteiger partial charge in [0, 0.05) is 11.8 Å². The summed E-state index contributed by atoms with van der Waals surface area (Å²) in [4.78, 5) is 0. The highest BCUT2D eigenvalue weighted by Crippen LogP contribution is 2.65. The normalized spacial score (nSPS) is 30.6. The average Bonchev–Trinajstić information content (AvgIpc) is 2.27. The van der Waals surface area contributed by atoms with Crippen molar-refractivity contribution in [1.82, 2.24) is 0 Å². The Morgan fingerprint density at radius 3 is 2.23 bits per heavy atom. The second kappa shape index (κ2) is 3.05. The number of alkyl halides is 2. The molecule has 1 rings (SSSR count). The van der Waals surface area contributed by atoms with Gasteiger partial charge in [0.1, 0.15) is 9.93 Å². The maximum absolute atomic E-state index is 9.33. The second-order valence-electron chi connectivity index (χ2n) is 4.48. The van der Waals surface area contributed by atoms with Crippen LogP contribution in [0.5, 0.6) is 0 Å². The fourth-order valence-corrected chi connectivity index (χ4v) is 1.82. The second-order valence-corrected chi connectivity index (χ2v) is 5.96. The highest BCUT2D eigenvalue weighted by Gasteiger charge is 2.62. The lowest BCUT2D eigenvalue weighted by molar-refractivity contribution is 0.143. The van der Waals surface area contributed by atoms with Crippen molar-refractivity contribution in [3.8, 4) is 11.8 Å². The zero-order valence-corrected chi connectivity index (χ0v) is 9.63. The molecule has 0 aromatic carbocycles. The van der Waals surface area contributed by atoms with E-state index in [4.69, 9.17) is 23.2 Å². The lowest BCUT2D eigenvalue weighted by atomic mass is 10.0. The molecule has 1 N–H and O–H groups in total. The van der Waals surface area contributed by atoms with Crippen LogP contribution in [0.2, 0.25) is 0 Å². The van der Waals surface area contributed by atoms with Crippen LogP contribution < -0.4 is 0 Å². The van der Waals surface area contributed by atoms with Gasteiger partial charge < -0.3 is 5.11 Å². The van der Waals surface area contributed by atoms with Crippen molar-refractivity contribution in [3.63, 3.8) is 0 Å². The molecule has 0 spiro atoms. The van der Waals surface area contributed by atoms with Crippen molar-refractivity contribution < 1.29 is 5.11 Å². The standard InChI is InChI=1S/C10H14Cl2O/c1-8(2,13)5-4-6-9(3)7-10(9,11)12/h13H,6-7H2,1-3H3. The van der Waals surface area contributed by atoms with Crippen molar-refractivity contribution in [1.29, 1.82) is 0 Å². The highest BCUT2D eigenvalue weighted by molar-refractivity contribution is 6.51. The maximum Gasteiger partial charge on any atom is 0.125 e. The third-order valence-electron chi connectivity index (χ3n) is 2.24. The van der Waals surface area contributed by atoms with Gasteiger partial charge in [-0.15, -0.1) is 23.2 Å². The molecule has 0 aliphatic heterocycles. The summed E-state index contributed by atoms with van der Waals surface area (Å²) in [6, 6.07) is 0. The first-order valence-electron chi connectivity index (χ1n) is 4.27. The Morgan fingerprint density at radius 1 is 1.46 bits per heavy atom. The van der Waals surface area contributed by atoms with Gasteiger partial charge in [0.25, 0.3) is 0 Å². The Morgan fingerprint density at radius 2 is 1.92 bits per heavy atom. The van der Waals surface area contributed by atoms with Crippen LogP contribution in [0.4, 0.5) is 0 Å². The fraction of sp³-hybridized carbons (Fsp3) is 0.800. The van der Waals surface area contributed by atoms with Gasteiger partial charge in [-0.1, -0.05) is 18.8 Å². The quantitative estimate of drug-likeness (QED) is 0.533. The van der Waals surface area contributed by atoms with Crippen LogP contribution in [0.15, 0.2) is 0 Å². The van der Waals surface area contributed by atoms with E-state index in [1.165, 1.54) is 0 Å².